The summed E-state index contributed by atoms with van der Waals surface area (Å²) in [6, 6.07) is 9.70. The molecular formula is C14H16N2O2. The Balaban J connectivity index is 1.80. The molecule has 2 fully saturated rings. The number of carbonyl (C=O) groups is 2. The van der Waals surface area contributed by atoms with Crippen molar-refractivity contribution in [1.82, 2.24) is 10.2 Å². The Hall–Kier alpha value is -1.84. The average molecular weight is 244 g/mol. The summed E-state index contributed by atoms with van der Waals surface area (Å²) in [5.41, 5.74) is 1.07. The fourth-order valence-electron chi connectivity index (χ4n) is 2.43. The molecule has 1 aromatic rings. The van der Waals surface area contributed by atoms with Crippen molar-refractivity contribution < 1.29 is 9.59 Å². The first-order valence-corrected chi connectivity index (χ1v) is 6.43. The maximum absolute atomic E-state index is 12.1. The van der Waals surface area contributed by atoms with Gasteiger partial charge in [-0.2, -0.15) is 0 Å². The first-order chi connectivity index (χ1) is 8.75. The van der Waals surface area contributed by atoms with Crippen LogP contribution >= 0.6 is 0 Å². The quantitative estimate of drug-likeness (QED) is 0.867. The van der Waals surface area contributed by atoms with Crippen LogP contribution in [0.1, 0.15) is 37.3 Å². The molecule has 0 radical (unpaired) electrons. The summed E-state index contributed by atoms with van der Waals surface area (Å²) in [4.78, 5) is 25.5. The number of amides is 3. The number of carbonyl (C=O) groups excluding carboxylic acids is 2. The van der Waals surface area contributed by atoms with Crippen LogP contribution in [0.4, 0.5) is 4.79 Å². The number of hydrogen-bond acceptors (Lipinski definition) is 2. The minimum absolute atomic E-state index is 0.0339. The number of benzene rings is 1. The summed E-state index contributed by atoms with van der Waals surface area (Å²) in [6.07, 6.45) is 3.02. The number of nitrogens with one attached hydrogen (secondary N) is 1. The lowest BCUT2D eigenvalue weighted by molar-refractivity contribution is -0.128. The fourth-order valence-corrected chi connectivity index (χ4v) is 2.43. The highest BCUT2D eigenvalue weighted by molar-refractivity contribution is 5.96. The summed E-state index contributed by atoms with van der Waals surface area (Å²) >= 11 is 0. The van der Waals surface area contributed by atoms with Crippen LogP contribution in [0.15, 0.2) is 30.3 Å². The van der Waals surface area contributed by atoms with E-state index in [4.69, 9.17) is 0 Å². The summed E-state index contributed by atoms with van der Waals surface area (Å²) in [5, 5.41) is 2.96. The molecule has 4 heteroatoms. The van der Waals surface area contributed by atoms with Crippen LogP contribution in [0, 0.1) is 0 Å². The van der Waals surface area contributed by atoms with Crippen molar-refractivity contribution in [3.63, 3.8) is 0 Å². The highest BCUT2D eigenvalue weighted by atomic mass is 16.2. The summed E-state index contributed by atoms with van der Waals surface area (Å²) in [5.74, 6) is -0.0339. The Bertz CT molecular complexity index is 468. The second-order valence-corrected chi connectivity index (χ2v) is 4.95. The van der Waals surface area contributed by atoms with Crippen LogP contribution in [0.25, 0.3) is 0 Å². The van der Waals surface area contributed by atoms with E-state index in [1.165, 1.54) is 4.90 Å². The van der Waals surface area contributed by atoms with E-state index in [1.54, 1.807) is 0 Å². The van der Waals surface area contributed by atoms with E-state index >= 15 is 0 Å². The van der Waals surface area contributed by atoms with Crippen molar-refractivity contribution in [3.8, 4) is 0 Å². The van der Waals surface area contributed by atoms with Crippen LogP contribution in [0.5, 0.6) is 0 Å². The molecule has 1 aliphatic carbocycles. The molecule has 1 atom stereocenters. The van der Waals surface area contributed by atoms with Crippen molar-refractivity contribution >= 4 is 11.9 Å². The van der Waals surface area contributed by atoms with E-state index in [-0.39, 0.29) is 24.0 Å². The summed E-state index contributed by atoms with van der Waals surface area (Å²) < 4.78 is 0. The Morgan fingerprint density at radius 3 is 2.44 bits per heavy atom. The van der Waals surface area contributed by atoms with Gasteiger partial charge in [0, 0.05) is 12.5 Å². The Morgan fingerprint density at radius 2 is 1.78 bits per heavy atom. The Kier molecular flexibility index (Phi) is 2.78. The molecule has 1 N–H and O–H groups in total. The molecule has 1 saturated carbocycles. The molecule has 1 unspecified atom stereocenters. The molecule has 0 bridgehead atoms. The second-order valence-electron chi connectivity index (χ2n) is 4.95. The number of imide groups is 1. The van der Waals surface area contributed by atoms with Gasteiger partial charge < -0.3 is 5.32 Å². The fraction of sp³-hybridized carbons (Fsp3) is 0.429. The van der Waals surface area contributed by atoms with Gasteiger partial charge in [0.1, 0.15) is 0 Å². The zero-order valence-corrected chi connectivity index (χ0v) is 10.1. The number of nitrogens with zero attached hydrogens (tertiary/aromatic N) is 1. The second kappa shape index (κ2) is 4.44. The monoisotopic (exact) mass is 244 g/mol. The third kappa shape index (κ3) is 2.10. The van der Waals surface area contributed by atoms with Gasteiger partial charge in [-0.05, 0) is 24.8 Å². The van der Waals surface area contributed by atoms with E-state index in [1.807, 2.05) is 30.3 Å². The SMILES string of the molecule is O=C1CCC(c2ccccc2)NC(=O)N1C1CC1. The summed E-state index contributed by atoms with van der Waals surface area (Å²) in [7, 11) is 0. The van der Waals surface area contributed by atoms with Crippen LogP contribution in [0.3, 0.4) is 0 Å². The van der Waals surface area contributed by atoms with Gasteiger partial charge in [0.25, 0.3) is 0 Å². The molecular weight excluding hydrogens is 228 g/mol. The lowest BCUT2D eigenvalue weighted by Crippen LogP contribution is -2.43. The van der Waals surface area contributed by atoms with Crippen molar-refractivity contribution in [2.45, 2.75) is 37.8 Å². The van der Waals surface area contributed by atoms with Crippen LogP contribution in [-0.2, 0) is 4.79 Å². The van der Waals surface area contributed by atoms with Crippen molar-refractivity contribution in [2.24, 2.45) is 0 Å². The molecule has 1 aliphatic heterocycles. The van der Waals surface area contributed by atoms with Crippen LogP contribution in [-0.4, -0.2) is 22.9 Å². The minimum atomic E-state index is -0.228. The van der Waals surface area contributed by atoms with Crippen LogP contribution < -0.4 is 5.32 Å². The van der Waals surface area contributed by atoms with E-state index in [0.29, 0.717) is 12.8 Å². The Morgan fingerprint density at radius 1 is 1.06 bits per heavy atom. The van der Waals surface area contributed by atoms with E-state index < -0.39 is 0 Å². The largest absolute Gasteiger partial charge is 0.331 e. The van der Waals surface area contributed by atoms with Gasteiger partial charge in [-0.15, -0.1) is 0 Å². The third-order valence-corrected chi connectivity index (χ3v) is 3.55. The predicted octanol–water partition coefficient (Wildman–Crippen LogP) is 2.22. The smallest absolute Gasteiger partial charge is 0.324 e. The van der Waals surface area contributed by atoms with Gasteiger partial charge in [-0.3, -0.25) is 9.69 Å². The zero-order chi connectivity index (χ0) is 12.5. The number of rotatable bonds is 2. The normalized spacial score (nSPS) is 24.7. The molecule has 94 valence electrons. The van der Waals surface area contributed by atoms with E-state index in [2.05, 4.69) is 5.32 Å². The maximum atomic E-state index is 12.1. The molecule has 1 saturated heterocycles. The molecule has 3 amide bonds. The van der Waals surface area contributed by atoms with Crippen LogP contribution in [0.2, 0.25) is 0 Å². The lowest BCUT2D eigenvalue weighted by Gasteiger charge is -2.19. The predicted molar refractivity (Wildman–Crippen MR) is 66.8 cm³/mol. The van der Waals surface area contributed by atoms with Gasteiger partial charge in [0.05, 0.1) is 6.04 Å². The molecule has 0 spiro atoms. The van der Waals surface area contributed by atoms with Crippen molar-refractivity contribution in [3.05, 3.63) is 35.9 Å². The molecule has 4 nitrogen and oxygen atoms in total. The van der Waals surface area contributed by atoms with Gasteiger partial charge in [0.2, 0.25) is 5.91 Å². The Labute approximate surface area is 106 Å². The van der Waals surface area contributed by atoms with Crippen molar-refractivity contribution in [2.75, 3.05) is 0 Å². The molecule has 18 heavy (non-hydrogen) atoms. The van der Waals surface area contributed by atoms with Crippen molar-refractivity contribution in [1.29, 1.82) is 0 Å². The van der Waals surface area contributed by atoms with Gasteiger partial charge >= 0.3 is 6.03 Å². The highest BCUT2D eigenvalue weighted by Crippen LogP contribution is 2.31. The first-order valence-electron chi connectivity index (χ1n) is 6.43. The molecule has 1 aromatic carbocycles. The van der Waals surface area contributed by atoms with Gasteiger partial charge in [0.15, 0.2) is 0 Å². The topological polar surface area (TPSA) is 49.4 Å². The summed E-state index contributed by atoms with van der Waals surface area (Å²) in [6.45, 7) is 0. The van der Waals surface area contributed by atoms with E-state index in [0.717, 1.165) is 18.4 Å². The minimum Gasteiger partial charge on any atom is -0.331 e. The highest BCUT2D eigenvalue weighted by Gasteiger charge is 2.39. The zero-order valence-electron chi connectivity index (χ0n) is 10.1. The number of hydrogen-bond donors (Lipinski definition) is 1. The standard InChI is InChI=1S/C14H16N2O2/c17-13-9-8-12(10-4-2-1-3-5-10)15-14(18)16(13)11-6-7-11/h1-5,11-12H,6-9H2,(H,15,18). The maximum Gasteiger partial charge on any atom is 0.324 e. The number of urea groups is 1. The average Bonchev–Trinajstić information content (AvgIpc) is 3.19. The molecule has 2 aliphatic rings. The molecule has 0 aromatic heterocycles. The van der Waals surface area contributed by atoms with Gasteiger partial charge in [-0.1, -0.05) is 30.3 Å². The van der Waals surface area contributed by atoms with Gasteiger partial charge in [-0.25, -0.2) is 4.79 Å². The lowest BCUT2D eigenvalue weighted by atomic mass is 10.0. The third-order valence-electron chi connectivity index (χ3n) is 3.55. The van der Waals surface area contributed by atoms with E-state index in [9.17, 15) is 9.59 Å². The molecule has 1 heterocycles. The first kappa shape index (κ1) is 11.3. The molecule has 3 rings (SSSR count).